The fraction of sp³-hybridized carbons (Fsp3) is 0.583. The van der Waals surface area contributed by atoms with E-state index in [4.69, 9.17) is 5.14 Å². The van der Waals surface area contributed by atoms with Crippen LogP contribution in [0.25, 0.3) is 0 Å². The molecule has 0 saturated heterocycles. The quantitative estimate of drug-likeness (QED) is 0.683. The zero-order chi connectivity index (χ0) is 15.6. The van der Waals surface area contributed by atoms with Gasteiger partial charge in [-0.25, -0.2) is 13.6 Å². The minimum absolute atomic E-state index is 0.0928. The summed E-state index contributed by atoms with van der Waals surface area (Å²) in [4.78, 5) is 11.9. The number of carbonyl (C=O) groups is 1. The first-order valence-corrected chi connectivity index (χ1v) is 7.81. The van der Waals surface area contributed by atoms with Crippen LogP contribution in [0.2, 0.25) is 0 Å². The molecule has 4 N–H and O–H groups in total. The van der Waals surface area contributed by atoms with Crippen LogP contribution in [0.4, 0.5) is 0 Å². The van der Waals surface area contributed by atoms with E-state index < -0.39 is 21.5 Å². The molecule has 1 rings (SSSR count). The Labute approximate surface area is 118 Å². The third kappa shape index (κ3) is 4.32. The molecule has 7 nitrogen and oxygen atoms in total. The van der Waals surface area contributed by atoms with E-state index in [9.17, 15) is 18.3 Å². The zero-order valence-electron chi connectivity index (χ0n) is 11.9. The van der Waals surface area contributed by atoms with Crippen molar-refractivity contribution in [1.29, 1.82) is 0 Å². The minimum Gasteiger partial charge on any atom is -0.388 e. The van der Waals surface area contributed by atoms with Crippen molar-refractivity contribution in [3.05, 3.63) is 18.0 Å². The summed E-state index contributed by atoms with van der Waals surface area (Å²) in [5.74, 6) is -0.459. The molecule has 0 aliphatic carbocycles. The second-order valence-electron chi connectivity index (χ2n) is 5.15. The molecule has 0 aromatic carbocycles. The third-order valence-corrected chi connectivity index (χ3v) is 3.84. The Morgan fingerprint density at radius 3 is 2.60 bits per heavy atom. The number of carbonyl (C=O) groups excluding carboxylic acids is 1. The number of aliphatic hydroxyl groups is 1. The lowest BCUT2D eigenvalue weighted by Gasteiger charge is -2.22. The van der Waals surface area contributed by atoms with Crippen molar-refractivity contribution in [1.82, 2.24) is 9.88 Å². The maximum Gasteiger partial charge on any atom is 0.268 e. The normalized spacial score (nSPS) is 14.8. The van der Waals surface area contributed by atoms with Gasteiger partial charge in [0.2, 0.25) is 10.0 Å². The van der Waals surface area contributed by atoms with Gasteiger partial charge in [0, 0.05) is 19.8 Å². The Morgan fingerprint density at radius 1 is 1.55 bits per heavy atom. The van der Waals surface area contributed by atoms with E-state index in [0.29, 0.717) is 6.42 Å². The number of primary sulfonamides is 1. The Balaban J connectivity index is 2.81. The summed E-state index contributed by atoms with van der Waals surface area (Å²) < 4.78 is 23.8. The van der Waals surface area contributed by atoms with Crippen molar-refractivity contribution in [3.8, 4) is 0 Å². The lowest BCUT2D eigenvalue weighted by molar-refractivity contribution is 0.0467. The summed E-state index contributed by atoms with van der Waals surface area (Å²) in [6, 6.07) is 1.21. The lowest BCUT2D eigenvalue weighted by Crippen LogP contribution is -2.40. The Morgan fingerprint density at radius 2 is 2.15 bits per heavy atom. The van der Waals surface area contributed by atoms with Gasteiger partial charge in [-0.1, -0.05) is 13.3 Å². The van der Waals surface area contributed by atoms with Gasteiger partial charge in [0.25, 0.3) is 5.91 Å². The summed E-state index contributed by atoms with van der Waals surface area (Å²) in [6.45, 7) is 3.67. The molecule has 1 atom stereocenters. The molecule has 0 radical (unpaired) electrons. The first-order chi connectivity index (χ1) is 9.07. The van der Waals surface area contributed by atoms with Gasteiger partial charge < -0.3 is 15.0 Å². The van der Waals surface area contributed by atoms with Crippen LogP contribution in [0.5, 0.6) is 0 Å². The number of hydrogen-bond acceptors (Lipinski definition) is 4. The highest BCUT2D eigenvalue weighted by Crippen LogP contribution is 2.13. The van der Waals surface area contributed by atoms with Crippen LogP contribution in [0.3, 0.4) is 0 Å². The Bertz CT molecular complexity index is 590. The average molecular weight is 303 g/mol. The van der Waals surface area contributed by atoms with E-state index in [1.165, 1.54) is 16.8 Å². The number of nitrogens with one attached hydrogen (secondary N) is 1. The van der Waals surface area contributed by atoms with Gasteiger partial charge in [-0.3, -0.25) is 4.79 Å². The monoisotopic (exact) mass is 303 g/mol. The van der Waals surface area contributed by atoms with Crippen LogP contribution < -0.4 is 10.5 Å². The molecule has 1 aromatic heterocycles. The van der Waals surface area contributed by atoms with Gasteiger partial charge in [-0.15, -0.1) is 0 Å². The van der Waals surface area contributed by atoms with Crippen LogP contribution in [0.15, 0.2) is 17.2 Å². The smallest absolute Gasteiger partial charge is 0.268 e. The number of aromatic nitrogens is 1. The molecule has 0 bridgehead atoms. The van der Waals surface area contributed by atoms with E-state index in [1.54, 1.807) is 14.0 Å². The lowest BCUT2D eigenvalue weighted by atomic mass is 10.0. The van der Waals surface area contributed by atoms with E-state index in [-0.39, 0.29) is 17.1 Å². The summed E-state index contributed by atoms with van der Waals surface area (Å²) in [5.41, 5.74) is -0.820. The standard InChI is InChI=1S/C12H21N3O4S/c1-4-5-12(2,17)8-14-11(16)10-6-9(7-15(10)3)20(13,18)19/h6-7,17H,4-5,8H2,1-3H3,(H,14,16)(H2,13,18,19). The highest BCUT2D eigenvalue weighted by molar-refractivity contribution is 7.89. The van der Waals surface area contributed by atoms with E-state index >= 15 is 0 Å². The predicted octanol–water partition coefficient (Wildman–Crippen LogP) is -0.0466. The van der Waals surface area contributed by atoms with Crippen molar-refractivity contribution in [2.75, 3.05) is 6.54 Å². The number of aryl methyl sites for hydroxylation is 1. The molecule has 0 saturated carbocycles. The van der Waals surface area contributed by atoms with E-state index in [1.807, 2.05) is 6.92 Å². The fourth-order valence-corrected chi connectivity index (χ4v) is 2.48. The topological polar surface area (TPSA) is 114 Å². The first kappa shape index (κ1) is 16.7. The van der Waals surface area contributed by atoms with Crippen molar-refractivity contribution in [3.63, 3.8) is 0 Å². The van der Waals surface area contributed by atoms with Crippen molar-refractivity contribution < 1.29 is 18.3 Å². The third-order valence-electron chi connectivity index (χ3n) is 2.96. The van der Waals surface area contributed by atoms with E-state index in [2.05, 4.69) is 5.32 Å². The molecule has 0 aliphatic heterocycles. The number of hydrogen-bond donors (Lipinski definition) is 3. The predicted molar refractivity (Wildman–Crippen MR) is 74.7 cm³/mol. The summed E-state index contributed by atoms with van der Waals surface area (Å²) in [7, 11) is -2.29. The Hall–Kier alpha value is -1.38. The molecule has 0 aliphatic rings. The van der Waals surface area contributed by atoms with Gasteiger partial charge >= 0.3 is 0 Å². The molecule has 1 amide bonds. The van der Waals surface area contributed by atoms with Gasteiger partial charge in [-0.2, -0.15) is 0 Å². The summed E-state index contributed by atoms with van der Waals surface area (Å²) in [5, 5.41) is 17.6. The van der Waals surface area contributed by atoms with Gasteiger partial charge in [0.15, 0.2) is 0 Å². The molecule has 0 fully saturated rings. The summed E-state index contributed by atoms with van der Waals surface area (Å²) in [6.07, 6.45) is 2.62. The van der Waals surface area contributed by atoms with Crippen molar-refractivity contribution >= 4 is 15.9 Å². The molecular weight excluding hydrogens is 282 g/mol. The SMILES string of the molecule is CCCC(C)(O)CNC(=O)c1cc(S(N)(=O)=O)cn1C. The highest BCUT2D eigenvalue weighted by Gasteiger charge is 2.22. The highest BCUT2D eigenvalue weighted by atomic mass is 32.2. The second kappa shape index (κ2) is 5.94. The molecule has 20 heavy (non-hydrogen) atoms. The van der Waals surface area contributed by atoms with Crippen LogP contribution in [0, 0.1) is 0 Å². The van der Waals surface area contributed by atoms with Crippen molar-refractivity contribution in [2.24, 2.45) is 12.2 Å². The van der Waals surface area contributed by atoms with Crippen LogP contribution in [-0.2, 0) is 17.1 Å². The average Bonchev–Trinajstić information content (AvgIpc) is 2.68. The Kier molecular flexibility index (Phi) is 4.95. The summed E-state index contributed by atoms with van der Waals surface area (Å²) >= 11 is 0. The number of amides is 1. The molecule has 8 heteroatoms. The first-order valence-electron chi connectivity index (χ1n) is 6.26. The molecular formula is C12H21N3O4S. The van der Waals surface area contributed by atoms with Crippen LogP contribution >= 0.6 is 0 Å². The van der Waals surface area contributed by atoms with Gasteiger partial charge in [0.05, 0.1) is 5.60 Å². The zero-order valence-corrected chi connectivity index (χ0v) is 12.7. The largest absolute Gasteiger partial charge is 0.388 e. The number of nitrogens with zero attached hydrogens (tertiary/aromatic N) is 1. The van der Waals surface area contributed by atoms with E-state index in [0.717, 1.165) is 6.42 Å². The van der Waals surface area contributed by atoms with Crippen LogP contribution in [0.1, 0.15) is 37.2 Å². The molecule has 1 aromatic rings. The number of rotatable bonds is 6. The molecule has 0 spiro atoms. The van der Waals surface area contributed by atoms with Crippen LogP contribution in [-0.4, -0.2) is 36.1 Å². The molecule has 1 heterocycles. The fourth-order valence-electron chi connectivity index (χ4n) is 1.90. The van der Waals surface area contributed by atoms with Gasteiger partial charge in [-0.05, 0) is 19.4 Å². The maximum atomic E-state index is 12.0. The minimum atomic E-state index is -3.84. The number of sulfonamides is 1. The molecule has 1 unspecified atom stereocenters. The second-order valence-corrected chi connectivity index (χ2v) is 6.71. The van der Waals surface area contributed by atoms with Gasteiger partial charge in [0.1, 0.15) is 10.6 Å². The maximum absolute atomic E-state index is 12.0. The number of nitrogens with two attached hydrogens (primary N) is 1. The molecule has 114 valence electrons. The van der Waals surface area contributed by atoms with Crippen molar-refractivity contribution in [2.45, 2.75) is 37.2 Å².